The van der Waals surface area contributed by atoms with E-state index in [2.05, 4.69) is 9.97 Å². The summed E-state index contributed by atoms with van der Waals surface area (Å²) in [5.74, 6) is -0.326. The van der Waals surface area contributed by atoms with Crippen molar-refractivity contribution in [2.75, 3.05) is 6.61 Å². The molecule has 0 bridgehead atoms. The zero-order valence-corrected chi connectivity index (χ0v) is 20.1. The van der Waals surface area contributed by atoms with Crippen molar-refractivity contribution < 1.29 is 23.0 Å². The summed E-state index contributed by atoms with van der Waals surface area (Å²) in [7, 11) is 1.47. The van der Waals surface area contributed by atoms with Gasteiger partial charge in [-0.25, -0.2) is 9.78 Å². The van der Waals surface area contributed by atoms with Gasteiger partial charge in [0, 0.05) is 42.8 Å². The van der Waals surface area contributed by atoms with Crippen LogP contribution in [0.4, 0.5) is 13.2 Å². The van der Waals surface area contributed by atoms with Crippen LogP contribution < -0.4 is 16.0 Å². The molecule has 0 spiro atoms. The molecule has 0 saturated carbocycles. The van der Waals surface area contributed by atoms with Gasteiger partial charge in [0.1, 0.15) is 10.8 Å². The van der Waals surface area contributed by atoms with Crippen molar-refractivity contribution in [2.24, 2.45) is 13.0 Å². The predicted molar refractivity (Wildman–Crippen MR) is 124 cm³/mol. The zero-order valence-electron chi connectivity index (χ0n) is 19.3. The number of hydrogen-bond donors (Lipinski definition) is 1. The molecule has 0 unspecified atom stereocenters. The number of nitrogens with zero attached hydrogens (tertiary/aromatic N) is 5. The Kier molecular flexibility index (Phi) is 6.73. The van der Waals surface area contributed by atoms with Crippen LogP contribution in [0.5, 0.6) is 6.01 Å². The lowest BCUT2D eigenvalue weighted by molar-refractivity contribution is -0.0953. The average molecular weight is 512 g/mol. The second kappa shape index (κ2) is 9.46. The summed E-state index contributed by atoms with van der Waals surface area (Å²) in [6.07, 6.45) is -0.555. The average Bonchev–Trinajstić information content (AvgIpc) is 3.36. The molecule has 3 aromatic heterocycles. The third-order valence-electron chi connectivity index (χ3n) is 5.73. The third kappa shape index (κ3) is 4.82. The van der Waals surface area contributed by atoms with Gasteiger partial charge in [-0.15, -0.1) is 11.3 Å². The molecule has 1 aliphatic carbocycles. The number of fused-ring (bicyclic) bond motifs is 1. The summed E-state index contributed by atoms with van der Waals surface area (Å²) in [6, 6.07) is -0.0261. The number of rotatable bonds is 7. The Labute approximate surface area is 201 Å². The van der Waals surface area contributed by atoms with E-state index in [0.29, 0.717) is 5.01 Å². The van der Waals surface area contributed by atoms with Crippen molar-refractivity contribution in [1.82, 2.24) is 23.7 Å². The topological polar surface area (TPSA) is 104 Å². The van der Waals surface area contributed by atoms with Crippen molar-refractivity contribution in [2.45, 2.75) is 46.0 Å². The monoisotopic (exact) mass is 511 g/mol. The minimum absolute atomic E-state index is 0.0167. The fourth-order valence-electron chi connectivity index (χ4n) is 3.91. The quantitative estimate of drug-likeness (QED) is 0.523. The molecule has 3 heterocycles. The van der Waals surface area contributed by atoms with Crippen LogP contribution in [-0.2, 0) is 20.1 Å². The number of alkyl halides is 3. The first kappa shape index (κ1) is 24.9. The Bertz CT molecular complexity index is 1440. The van der Waals surface area contributed by atoms with Gasteiger partial charge in [-0.05, 0) is 25.8 Å². The molecule has 0 saturated heterocycles. The molecule has 0 amide bonds. The van der Waals surface area contributed by atoms with Crippen molar-refractivity contribution in [3.05, 3.63) is 60.4 Å². The fraction of sp³-hybridized carbons (Fsp3) is 0.455. The zero-order chi connectivity index (χ0) is 25.5. The molecule has 0 aromatic carbocycles. The van der Waals surface area contributed by atoms with Gasteiger partial charge in [0.2, 0.25) is 0 Å². The SMILES string of the molecule is Cc1cnc(Cn2c(OC3=CC=C(C(F)(F)F)C[C@H]3C)nc3c2c(=O)n(CCCO)c(=O)n3C)s1. The van der Waals surface area contributed by atoms with Crippen LogP contribution in [0.15, 0.2) is 39.3 Å². The van der Waals surface area contributed by atoms with Gasteiger partial charge in [0.15, 0.2) is 11.2 Å². The van der Waals surface area contributed by atoms with E-state index in [9.17, 15) is 27.9 Å². The highest BCUT2D eigenvalue weighted by atomic mass is 32.1. The lowest BCUT2D eigenvalue weighted by Gasteiger charge is -2.22. The number of aromatic nitrogens is 5. The van der Waals surface area contributed by atoms with Crippen LogP contribution in [0.2, 0.25) is 0 Å². The van der Waals surface area contributed by atoms with E-state index in [1.807, 2.05) is 6.92 Å². The molecular formula is C22H24F3N5O4S. The Morgan fingerprint density at radius 3 is 2.60 bits per heavy atom. The number of ether oxygens (including phenoxy) is 1. The van der Waals surface area contributed by atoms with Crippen molar-refractivity contribution in [3.8, 4) is 6.01 Å². The second-order valence-electron chi connectivity index (χ2n) is 8.36. The van der Waals surface area contributed by atoms with Crippen LogP contribution >= 0.6 is 11.3 Å². The highest BCUT2D eigenvalue weighted by molar-refractivity contribution is 7.11. The van der Waals surface area contributed by atoms with E-state index in [4.69, 9.17) is 4.74 Å². The van der Waals surface area contributed by atoms with Gasteiger partial charge < -0.3 is 9.84 Å². The summed E-state index contributed by atoms with van der Waals surface area (Å²) < 4.78 is 49.1. The van der Waals surface area contributed by atoms with Gasteiger partial charge in [-0.1, -0.05) is 13.0 Å². The van der Waals surface area contributed by atoms with E-state index in [1.165, 1.54) is 33.6 Å². The van der Waals surface area contributed by atoms with Gasteiger partial charge in [0.25, 0.3) is 5.56 Å². The first-order chi connectivity index (χ1) is 16.5. The molecule has 35 heavy (non-hydrogen) atoms. The first-order valence-electron chi connectivity index (χ1n) is 10.9. The molecule has 0 fully saturated rings. The number of thiazole rings is 1. The van der Waals surface area contributed by atoms with E-state index < -0.39 is 28.9 Å². The molecule has 0 radical (unpaired) electrons. The minimum Gasteiger partial charge on any atom is -0.430 e. The van der Waals surface area contributed by atoms with E-state index in [1.54, 1.807) is 13.1 Å². The van der Waals surface area contributed by atoms with E-state index in [-0.39, 0.29) is 55.5 Å². The maximum absolute atomic E-state index is 13.3. The number of halogens is 3. The number of allylic oxidation sites excluding steroid dienone is 4. The Hall–Kier alpha value is -3.19. The Morgan fingerprint density at radius 1 is 1.26 bits per heavy atom. The van der Waals surface area contributed by atoms with Crippen LogP contribution in [0, 0.1) is 12.8 Å². The molecular weight excluding hydrogens is 487 g/mol. The summed E-state index contributed by atoms with van der Waals surface area (Å²) in [6.45, 7) is 3.43. The molecule has 188 valence electrons. The normalized spacial score (nSPS) is 16.5. The molecule has 9 nitrogen and oxygen atoms in total. The molecule has 1 atom stereocenters. The lowest BCUT2D eigenvalue weighted by Crippen LogP contribution is -2.39. The number of imidazole rings is 1. The number of aliphatic hydroxyl groups excluding tert-OH is 1. The van der Waals surface area contributed by atoms with Crippen LogP contribution in [-0.4, -0.2) is 41.6 Å². The van der Waals surface area contributed by atoms with Gasteiger partial charge in [-0.2, -0.15) is 18.2 Å². The Balaban J connectivity index is 1.87. The molecule has 13 heteroatoms. The van der Waals surface area contributed by atoms with Gasteiger partial charge >= 0.3 is 17.9 Å². The minimum atomic E-state index is -4.43. The largest absolute Gasteiger partial charge is 0.430 e. The summed E-state index contributed by atoms with van der Waals surface area (Å²) >= 11 is 1.41. The van der Waals surface area contributed by atoms with Crippen LogP contribution in [0.25, 0.3) is 11.2 Å². The number of hydrogen-bond acceptors (Lipinski definition) is 7. The van der Waals surface area contributed by atoms with Crippen molar-refractivity contribution >= 4 is 22.5 Å². The summed E-state index contributed by atoms with van der Waals surface area (Å²) in [5, 5.41) is 9.83. The molecule has 4 rings (SSSR count). The maximum Gasteiger partial charge on any atom is 0.412 e. The maximum atomic E-state index is 13.3. The standard InChI is InChI=1S/C22H24F3N5O4S/c1-12-9-14(22(23,24)25)5-6-15(12)34-20-27-18-17(30(20)11-16-26-10-13(2)35-16)19(32)29(7-4-8-31)21(33)28(18)3/h5-6,10,12,31H,4,7-9,11H2,1-3H3/t12-/m1/s1. The smallest absolute Gasteiger partial charge is 0.412 e. The predicted octanol–water partition coefficient (Wildman–Crippen LogP) is 2.88. The summed E-state index contributed by atoms with van der Waals surface area (Å²) in [5.41, 5.74) is -1.67. The first-order valence-corrected chi connectivity index (χ1v) is 11.7. The van der Waals surface area contributed by atoms with E-state index in [0.717, 1.165) is 15.5 Å². The van der Waals surface area contributed by atoms with Crippen molar-refractivity contribution in [1.29, 1.82) is 0 Å². The van der Waals surface area contributed by atoms with Crippen molar-refractivity contribution in [3.63, 3.8) is 0 Å². The van der Waals surface area contributed by atoms with Gasteiger partial charge in [-0.3, -0.25) is 18.5 Å². The molecule has 1 N–H and O–H groups in total. The molecule has 3 aromatic rings. The third-order valence-corrected chi connectivity index (χ3v) is 6.63. The van der Waals surface area contributed by atoms with Gasteiger partial charge in [0.05, 0.1) is 6.54 Å². The highest BCUT2D eigenvalue weighted by Crippen LogP contribution is 2.36. The fourth-order valence-corrected chi connectivity index (χ4v) is 4.68. The highest BCUT2D eigenvalue weighted by Gasteiger charge is 2.36. The molecule has 0 aliphatic heterocycles. The van der Waals surface area contributed by atoms with Crippen LogP contribution in [0.3, 0.4) is 0 Å². The number of aliphatic hydroxyl groups is 1. The summed E-state index contributed by atoms with van der Waals surface area (Å²) in [4.78, 5) is 35.8. The van der Waals surface area contributed by atoms with Crippen LogP contribution in [0.1, 0.15) is 29.7 Å². The lowest BCUT2D eigenvalue weighted by atomic mass is 9.94. The van der Waals surface area contributed by atoms with E-state index >= 15 is 0 Å². The second-order valence-corrected chi connectivity index (χ2v) is 9.68. The molecule has 1 aliphatic rings. The Morgan fingerprint density at radius 2 is 2.00 bits per heavy atom. The number of aryl methyl sites for hydroxylation is 2.